The van der Waals surface area contributed by atoms with E-state index in [9.17, 15) is 19.8 Å². The van der Waals surface area contributed by atoms with Gasteiger partial charge in [-0.1, -0.05) is 0 Å². The molecule has 0 heterocycles. The quantitative estimate of drug-likeness (QED) is 0.502. The fourth-order valence-electron chi connectivity index (χ4n) is 2.91. The van der Waals surface area contributed by atoms with E-state index in [1.807, 2.05) is 0 Å². The smallest absolute Gasteiger partial charge is 0.550 e. The van der Waals surface area contributed by atoms with E-state index in [2.05, 4.69) is 0 Å². The van der Waals surface area contributed by atoms with Crippen LogP contribution in [0.5, 0.6) is 0 Å². The summed E-state index contributed by atoms with van der Waals surface area (Å²) >= 11 is 0. The molecule has 14 heavy (non-hydrogen) atoms. The molecular formula is C9H10CaO4. The third kappa shape index (κ3) is 1.57. The van der Waals surface area contributed by atoms with E-state index in [1.165, 1.54) is 0 Å². The summed E-state index contributed by atoms with van der Waals surface area (Å²) in [5.74, 6) is -3.01. The van der Waals surface area contributed by atoms with Gasteiger partial charge in [0.05, 0.1) is 0 Å². The van der Waals surface area contributed by atoms with Crippen molar-refractivity contribution in [2.24, 2.45) is 17.3 Å². The van der Waals surface area contributed by atoms with Gasteiger partial charge in [0.1, 0.15) is 0 Å². The van der Waals surface area contributed by atoms with Gasteiger partial charge in [-0.15, -0.1) is 0 Å². The van der Waals surface area contributed by atoms with Crippen molar-refractivity contribution in [3.05, 3.63) is 0 Å². The van der Waals surface area contributed by atoms with Crippen LogP contribution in [0.1, 0.15) is 25.7 Å². The molecule has 4 nitrogen and oxygen atoms in total. The number of aliphatic carboxylic acids is 2. The molecule has 72 valence electrons. The van der Waals surface area contributed by atoms with Crippen LogP contribution in [0.2, 0.25) is 0 Å². The Balaban J connectivity index is 0.000000980. The molecule has 0 aromatic rings. The van der Waals surface area contributed by atoms with E-state index in [0.717, 1.165) is 6.42 Å². The summed E-state index contributed by atoms with van der Waals surface area (Å²) in [5, 5.41) is 21.6. The summed E-state index contributed by atoms with van der Waals surface area (Å²) < 4.78 is 0. The number of fused-ring (bicyclic) bond motifs is 2. The van der Waals surface area contributed by atoms with Crippen molar-refractivity contribution in [3.8, 4) is 0 Å². The molecule has 3 atom stereocenters. The Morgan fingerprint density at radius 3 is 2.29 bits per heavy atom. The van der Waals surface area contributed by atoms with Gasteiger partial charge in [-0.3, -0.25) is 0 Å². The third-order valence-corrected chi connectivity index (χ3v) is 3.58. The van der Waals surface area contributed by atoms with Crippen LogP contribution < -0.4 is 10.2 Å². The minimum Gasteiger partial charge on any atom is -0.550 e. The number of carboxylic acid groups (broad SMARTS) is 2. The van der Waals surface area contributed by atoms with Crippen molar-refractivity contribution in [2.75, 3.05) is 0 Å². The SMILES string of the molecule is O=C([O-])C1CC2CCC1(C(=O)[O-])C2.[Ca+2]. The molecule has 0 N–H and O–H groups in total. The first-order valence-electron chi connectivity index (χ1n) is 4.48. The molecule has 0 aliphatic heterocycles. The maximum absolute atomic E-state index is 10.9. The molecule has 0 spiro atoms. The van der Waals surface area contributed by atoms with Crippen LogP contribution in [-0.2, 0) is 9.59 Å². The molecule has 0 radical (unpaired) electrons. The largest absolute Gasteiger partial charge is 2.00 e. The van der Waals surface area contributed by atoms with Gasteiger partial charge >= 0.3 is 37.7 Å². The van der Waals surface area contributed by atoms with Gasteiger partial charge in [0.2, 0.25) is 0 Å². The zero-order chi connectivity index (χ0) is 9.64. The molecule has 0 aromatic heterocycles. The standard InChI is InChI=1S/C9H12O4.Ca/c10-7(11)6-3-5-1-2-9(6,4-5)8(12)13;/h5-6H,1-4H2,(H,10,11)(H,12,13);/q;+2/p-2. The molecule has 2 aliphatic carbocycles. The Labute approximate surface area is 112 Å². The molecule has 2 fully saturated rings. The first-order chi connectivity index (χ1) is 6.06. The number of carbonyl (C=O) groups excluding carboxylic acids is 2. The van der Waals surface area contributed by atoms with Crippen molar-refractivity contribution in [2.45, 2.75) is 25.7 Å². The maximum Gasteiger partial charge on any atom is 2.00 e. The van der Waals surface area contributed by atoms with E-state index in [1.54, 1.807) is 0 Å². The van der Waals surface area contributed by atoms with Gasteiger partial charge in [0.15, 0.2) is 0 Å². The van der Waals surface area contributed by atoms with E-state index >= 15 is 0 Å². The summed E-state index contributed by atoms with van der Waals surface area (Å²) in [6.45, 7) is 0. The molecule has 2 aliphatic rings. The topological polar surface area (TPSA) is 80.3 Å². The Morgan fingerprint density at radius 2 is 1.93 bits per heavy atom. The van der Waals surface area contributed by atoms with Crippen LogP contribution in [0.3, 0.4) is 0 Å². The summed E-state index contributed by atoms with van der Waals surface area (Å²) in [6.07, 6.45) is 2.18. The minimum atomic E-state index is -1.23. The second kappa shape index (κ2) is 3.99. The van der Waals surface area contributed by atoms with E-state index < -0.39 is 23.3 Å². The number of carbonyl (C=O) groups is 2. The Morgan fingerprint density at radius 1 is 1.29 bits per heavy atom. The molecule has 2 rings (SSSR count). The molecule has 5 heteroatoms. The molecule has 0 saturated heterocycles. The van der Waals surface area contributed by atoms with Crippen LogP contribution in [0, 0.1) is 17.3 Å². The number of hydrogen-bond donors (Lipinski definition) is 0. The van der Waals surface area contributed by atoms with Gasteiger partial charge < -0.3 is 19.8 Å². The summed E-state index contributed by atoms with van der Waals surface area (Å²) in [5.41, 5.74) is -1.11. The van der Waals surface area contributed by atoms with Crippen LogP contribution in [0.4, 0.5) is 0 Å². The van der Waals surface area contributed by atoms with E-state index in [4.69, 9.17) is 0 Å². The van der Waals surface area contributed by atoms with Crippen LogP contribution in [-0.4, -0.2) is 49.7 Å². The first kappa shape index (κ1) is 12.3. The molecular weight excluding hydrogens is 212 g/mol. The minimum absolute atomic E-state index is 0. The molecule has 3 unspecified atom stereocenters. The van der Waals surface area contributed by atoms with Crippen molar-refractivity contribution in [1.29, 1.82) is 0 Å². The monoisotopic (exact) mass is 222 g/mol. The van der Waals surface area contributed by atoms with Crippen molar-refractivity contribution in [3.63, 3.8) is 0 Å². The fourth-order valence-corrected chi connectivity index (χ4v) is 2.91. The fraction of sp³-hybridized carbons (Fsp3) is 0.778. The summed E-state index contributed by atoms with van der Waals surface area (Å²) in [7, 11) is 0. The summed E-state index contributed by atoms with van der Waals surface area (Å²) in [4.78, 5) is 21.6. The first-order valence-corrected chi connectivity index (χ1v) is 4.48. The van der Waals surface area contributed by atoms with Gasteiger partial charge in [0, 0.05) is 23.3 Å². The van der Waals surface area contributed by atoms with E-state index in [0.29, 0.717) is 19.3 Å². The Kier molecular flexibility index (Phi) is 3.49. The van der Waals surface area contributed by atoms with E-state index in [-0.39, 0.29) is 43.7 Å². The average Bonchev–Trinajstić information content (AvgIpc) is 2.60. The second-order valence-corrected chi connectivity index (χ2v) is 4.16. The number of carboxylic acids is 2. The molecule has 2 saturated carbocycles. The van der Waals surface area contributed by atoms with Crippen molar-refractivity contribution >= 4 is 49.7 Å². The van der Waals surface area contributed by atoms with Crippen molar-refractivity contribution < 1.29 is 19.8 Å². The number of hydrogen-bond acceptors (Lipinski definition) is 4. The van der Waals surface area contributed by atoms with Gasteiger partial charge in [-0.05, 0) is 31.6 Å². The molecule has 2 bridgehead atoms. The second-order valence-electron chi connectivity index (χ2n) is 4.16. The molecule has 0 amide bonds. The average molecular weight is 222 g/mol. The predicted octanol–water partition coefficient (Wildman–Crippen LogP) is -2.09. The normalized spacial score (nSPS) is 39.1. The molecule has 0 aromatic carbocycles. The Hall–Kier alpha value is 0.200. The van der Waals surface area contributed by atoms with Crippen molar-refractivity contribution in [1.82, 2.24) is 0 Å². The zero-order valence-electron chi connectivity index (χ0n) is 7.82. The van der Waals surface area contributed by atoms with Crippen LogP contribution in [0.15, 0.2) is 0 Å². The number of rotatable bonds is 2. The predicted molar refractivity (Wildman–Crippen MR) is 43.6 cm³/mol. The van der Waals surface area contributed by atoms with Gasteiger partial charge in [-0.25, -0.2) is 0 Å². The third-order valence-electron chi connectivity index (χ3n) is 3.58. The van der Waals surface area contributed by atoms with Crippen LogP contribution >= 0.6 is 0 Å². The zero-order valence-corrected chi connectivity index (χ0v) is 10.0. The van der Waals surface area contributed by atoms with Crippen LogP contribution in [0.25, 0.3) is 0 Å². The summed E-state index contributed by atoms with van der Waals surface area (Å²) in [6, 6.07) is 0. The van der Waals surface area contributed by atoms with Gasteiger partial charge in [-0.2, -0.15) is 0 Å². The van der Waals surface area contributed by atoms with Gasteiger partial charge in [0.25, 0.3) is 0 Å². The Bertz CT molecular complexity index is 278. The maximum atomic E-state index is 10.9.